The van der Waals surface area contributed by atoms with Gasteiger partial charge in [-0.3, -0.25) is 10.1 Å². The van der Waals surface area contributed by atoms with Gasteiger partial charge in [0.2, 0.25) is 0 Å². The van der Waals surface area contributed by atoms with Gasteiger partial charge in [-0.15, -0.1) is 11.8 Å². The molecule has 1 aromatic rings. The Morgan fingerprint density at radius 3 is 3.00 bits per heavy atom. The van der Waals surface area contributed by atoms with Crippen LogP contribution in [0.2, 0.25) is 0 Å². The zero-order valence-electron chi connectivity index (χ0n) is 7.82. The van der Waals surface area contributed by atoms with Gasteiger partial charge in [0.05, 0.1) is 12.0 Å². The van der Waals surface area contributed by atoms with E-state index in [1.807, 2.05) is 19.4 Å². The van der Waals surface area contributed by atoms with Crippen molar-refractivity contribution in [1.29, 1.82) is 5.41 Å². The van der Waals surface area contributed by atoms with Crippen LogP contribution < -0.4 is 5.73 Å². The van der Waals surface area contributed by atoms with Crippen molar-refractivity contribution >= 4 is 17.6 Å². The first-order valence-corrected chi connectivity index (χ1v) is 4.94. The number of nitrogens with zero attached hydrogens (tertiary/aromatic N) is 2. The lowest BCUT2D eigenvalue weighted by Crippen LogP contribution is -2.14. The van der Waals surface area contributed by atoms with Crippen molar-refractivity contribution in [2.45, 2.75) is 23.5 Å². The van der Waals surface area contributed by atoms with Gasteiger partial charge in [0.1, 0.15) is 0 Å². The van der Waals surface area contributed by atoms with Gasteiger partial charge in [-0.25, -0.2) is 0 Å². The smallest absolute Gasteiger partial charge is 0.0916 e. The fraction of sp³-hybridized carbons (Fsp3) is 0.500. The molecule has 72 valence electrons. The monoisotopic (exact) mass is 198 g/mol. The van der Waals surface area contributed by atoms with Crippen molar-refractivity contribution in [3.05, 3.63) is 12.4 Å². The van der Waals surface area contributed by atoms with E-state index in [1.54, 1.807) is 16.4 Å². The second-order valence-corrected chi connectivity index (χ2v) is 4.52. The van der Waals surface area contributed by atoms with Crippen molar-refractivity contribution in [3.8, 4) is 0 Å². The maximum atomic E-state index is 7.14. The maximum Gasteiger partial charge on any atom is 0.0916 e. The average Bonchev–Trinajstić information content (AvgIpc) is 2.33. The third-order valence-electron chi connectivity index (χ3n) is 1.53. The van der Waals surface area contributed by atoms with Crippen molar-refractivity contribution in [2.24, 2.45) is 12.8 Å². The van der Waals surface area contributed by atoms with Gasteiger partial charge in [-0.05, 0) is 0 Å². The van der Waals surface area contributed by atoms with E-state index in [2.05, 4.69) is 12.0 Å². The highest BCUT2D eigenvalue weighted by molar-refractivity contribution is 8.00. The highest BCUT2D eigenvalue weighted by atomic mass is 32.2. The van der Waals surface area contributed by atoms with Crippen LogP contribution in [0.1, 0.15) is 13.3 Å². The predicted octanol–water partition coefficient (Wildman–Crippen LogP) is 1.23. The molecule has 1 unspecified atom stereocenters. The minimum absolute atomic E-state index is 0.240. The first kappa shape index (κ1) is 10.1. The van der Waals surface area contributed by atoms with Crippen LogP contribution in [-0.4, -0.2) is 20.9 Å². The number of amidine groups is 1. The SMILES string of the molecule is CC(CC(=N)N)Sc1cnn(C)c1. The molecule has 0 aliphatic carbocycles. The molecule has 1 heterocycles. The van der Waals surface area contributed by atoms with E-state index in [0.717, 1.165) is 4.90 Å². The lowest BCUT2D eigenvalue weighted by Gasteiger charge is -2.07. The van der Waals surface area contributed by atoms with Crippen molar-refractivity contribution in [1.82, 2.24) is 9.78 Å². The molecule has 0 aromatic carbocycles. The highest BCUT2D eigenvalue weighted by Crippen LogP contribution is 2.23. The Balaban J connectivity index is 2.44. The molecule has 0 saturated carbocycles. The number of aryl methyl sites for hydroxylation is 1. The van der Waals surface area contributed by atoms with Crippen LogP contribution in [0.15, 0.2) is 17.3 Å². The van der Waals surface area contributed by atoms with E-state index < -0.39 is 0 Å². The number of nitrogens with one attached hydrogen (secondary N) is 1. The zero-order chi connectivity index (χ0) is 9.84. The summed E-state index contributed by atoms with van der Waals surface area (Å²) in [5.74, 6) is 0.240. The summed E-state index contributed by atoms with van der Waals surface area (Å²) in [4.78, 5) is 1.12. The van der Waals surface area contributed by atoms with Gasteiger partial charge in [0.15, 0.2) is 0 Å². The minimum Gasteiger partial charge on any atom is -0.388 e. The highest BCUT2D eigenvalue weighted by Gasteiger charge is 2.06. The van der Waals surface area contributed by atoms with Crippen LogP contribution in [0.25, 0.3) is 0 Å². The molecular formula is C8H14N4S. The maximum absolute atomic E-state index is 7.14. The Kier molecular flexibility index (Phi) is 3.36. The first-order chi connectivity index (χ1) is 6.08. The van der Waals surface area contributed by atoms with Crippen LogP contribution in [0.4, 0.5) is 0 Å². The Hall–Kier alpha value is -0.970. The van der Waals surface area contributed by atoms with Crippen molar-refractivity contribution in [3.63, 3.8) is 0 Å². The van der Waals surface area contributed by atoms with E-state index in [-0.39, 0.29) is 5.84 Å². The third-order valence-corrected chi connectivity index (χ3v) is 2.58. The summed E-state index contributed by atoms with van der Waals surface area (Å²) in [5.41, 5.74) is 5.30. The van der Waals surface area contributed by atoms with Crippen LogP contribution in [0.5, 0.6) is 0 Å². The Morgan fingerprint density at radius 1 is 1.85 bits per heavy atom. The van der Waals surface area contributed by atoms with Gasteiger partial charge < -0.3 is 5.73 Å². The zero-order valence-corrected chi connectivity index (χ0v) is 8.64. The van der Waals surface area contributed by atoms with E-state index in [9.17, 15) is 0 Å². The molecule has 3 N–H and O–H groups in total. The molecule has 5 heteroatoms. The van der Waals surface area contributed by atoms with Crippen LogP contribution in [0.3, 0.4) is 0 Å². The van der Waals surface area contributed by atoms with Gasteiger partial charge in [-0.2, -0.15) is 5.10 Å². The Labute approximate surface area is 82.0 Å². The standard InChI is InChI=1S/C8H14N4S/c1-6(3-8(9)10)13-7-4-11-12(2)5-7/h4-6H,3H2,1-2H3,(H3,9,10). The number of hydrogen-bond acceptors (Lipinski definition) is 3. The van der Waals surface area contributed by atoms with E-state index in [1.165, 1.54) is 0 Å². The molecule has 0 spiro atoms. The molecule has 0 saturated heterocycles. The summed E-state index contributed by atoms with van der Waals surface area (Å²) in [6, 6.07) is 0. The molecule has 0 bridgehead atoms. The Morgan fingerprint density at radius 2 is 2.54 bits per heavy atom. The predicted molar refractivity (Wildman–Crippen MR) is 55.1 cm³/mol. The number of aromatic nitrogens is 2. The van der Waals surface area contributed by atoms with E-state index in [0.29, 0.717) is 11.7 Å². The summed E-state index contributed by atoms with van der Waals surface area (Å²) < 4.78 is 1.77. The molecule has 0 aliphatic heterocycles. The molecule has 1 rings (SSSR count). The van der Waals surface area contributed by atoms with Gasteiger partial charge in [0, 0.05) is 29.8 Å². The second kappa shape index (κ2) is 4.32. The van der Waals surface area contributed by atoms with Crippen molar-refractivity contribution < 1.29 is 0 Å². The summed E-state index contributed by atoms with van der Waals surface area (Å²) in [6.07, 6.45) is 4.40. The summed E-state index contributed by atoms with van der Waals surface area (Å²) in [6.45, 7) is 2.05. The van der Waals surface area contributed by atoms with Gasteiger partial charge in [-0.1, -0.05) is 6.92 Å². The number of thioether (sulfide) groups is 1. The lowest BCUT2D eigenvalue weighted by atomic mass is 10.3. The Bertz CT molecular complexity index is 294. The molecule has 0 fully saturated rings. The molecule has 1 atom stereocenters. The fourth-order valence-corrected chi connectivity index (χ4v) is 2.09. The van der Waals surface area contributed by atoms with Crippen LogP contribution in [0, 0.1) is 5.41 Å². The van der Waals surface area contributed by atoms with Crippen LogP contribution >= 0.6 is 11.8 Å². The molecule has 4 nitrogen and oxygen atoms in total. The molecule has 0 radical (unpaired) electrons. The quantitative estimate of drug-likeness (QED) is 0.434. The molecule has 1 aromatic heterocycles. The summed E-state index contributed by atoms with van der Waals surface area (Å²) in [7, 11) is 1.89. The van der Waals surface area contributed by atoms with Crippen LogP contribution in [-0.2, 0) is 7.05 Å². The molecule has 13 heavy (non-hydrogen) atoms. The number of hydrogen-bond donors (Lipinski definition) is 2. The summed E-state index contributed by atoms with van der Waals surface area (Å²) in [5, 5.41) is 11.5. The topological polar surface area (TPSA) is 67.7 Å². The molecular weight excluding hydrogens is 184 g/mol. The fourth-order valence-electron chi connectivity index (χ4n) is 1.04. The van der Waals surface area contributed by atoms with Gasteiger partial charge >= 0.3 is 0 Å². The normalized spacial score (nSPS) is 12.8. The third kappa shape index (κ3) is 3.50. The lowest BCUT2D eigenvalue weighted by molar-refractivity contribution is 0.766. The molecule has 0 aliphatic rings. The minimum atomic E-state index is 0.240. The molecule has 0 amide bonds. The average molecular weight is 198 g/mol. The van der Waals surface area contributed by atoms with Gasteiger partial charge in [0.25, 0.3) is 0 Å². The van der Waals surface area contributed by atoms with E-state index >= 15 is 0 Å². The second-order valence-electron chi connectivity index (χ2n) is 3.01. The first-order valence-electron chi connectivity index (χ1n) is 4.06. The number of nitrogens with two attached hydrogens (primary N) is 1. The van der Waals surface area contributed by atoms with Crippen molar-refractivity contribution in [2.75, 3.05) is 0 Å². The van der Waals surface area contributed by atoms with E-state index in [4.69, 9.17) is 11.1 Å². The summed E-state index contributed by atoms with van der Waals surface area (Å²) >= 11 is 1.69. The largest absolute Gasteiger partial charge is 0.388 e. The number of rotatable bonds is 4.